The number of rotatable bonds is 5. The standard InChI is InChI=1S/C14H16N2O5S2/c1-2-16(11-7-9-12(10-8-11)23(19,20)21)22(17,18)14-6-4-3-5-13(14)15/h3-10H,2,15H2,1H3,(H,19,20,21). The van der Waals surface area contributed by atoms with Crippen molar-refractivity contribution < 1.29 is 21.4 Å². The van der Waals surface area contributed by atoms with Crippen molar-refractivity contribution >= 4 is 31.5 Å². The maximum absolute atomic E-state index is 12.7. The Hall–Kier alpha value is -2.10. The molecule has 0 aliphatic rings. The van der Waals surface area contributed by atoms with E-state index in [2.05, 4.69) is 0 Å². The van der Waals surface area contributed by atoms with Crippen LogP contribution in [0.15, 0.2) is 58.3 Å². The van der Waals surface area contributed by atoms with Gasteiger partial charge in [-0.2, -0.15) is 8.42 Å². The van der Waals surface area contributed by atoms with Crippen LogP contribution in [0.1, 0.15) is 6.92 Å². The lowest BCUT2D eigenvalue weighted by Gasteiger charge is -2.23. The van der Waals surface area contributed by atoms with Gasteiger partial charge in [0, 0.05) is 6.54 Å². The second-order valence-corrected chi connectivity index (χ2v) is 7.93. The number of anilines is 2. The molecule has 0 bridgehead atoms. The van der Waals surface area contributed by atoms with E-state index in [1.807, 2.05) is 0 Å². The first-order valence-electron chi connectivity index (χ1n) is 6.62. The van der Waals surface area contributed by atoms with Crippen LogP contribution < -0.4 is 10.0 Å². The molecule has 124 valence electrons. The maximum atomic E-state index is 12.7. The zero-order chi connectivity index (χ0) is 17.3. The number of nitrogen functional groups attached to an aromatic ring is 1. The van der Waals surface area contributed by atoms with E-state index in [1.165, 1.54) is 24.3 Å². The van der Waals surface area contributed by atoms with Gasteiger partial charge in [-0.15, -0.1) is 0 Å². The Kier molecular flexibility index (Phi) is 4.64. The number of para-hydroxylation sites is 1. The zero-order valence-electron chi connectivity index (χ0n) is 12.2. The fraction of sp³-hybridized carbons (Fsp3) is 0.143. The van der Waals surface area contributed by atoms with Gasteiger partial charge in [-0.25, -0.2) is 8.42 Å². The van der Waals surface area contributed by atoms with Gasteiger partial charge in [0.05, 0.1) is 16.3 Å². The van der Waals surface area contributed by atoms with Gasteiger partial charge in [0.2, 0.25) is 0 Å². The summed E-state index contributed by atoms with van der Waals surface area (Å²) in [5, 5.41) is 0. The van der Waals surface area contributed by atoms with E-state index in [9.17, 15) is 16.8 Å². The Morgan fingerprint density at radius 1 is 1.00 bits per heavy atom. The van der Waals surface area contributed by atoms with Crippen LogP contribution in [-0.2, 0) is 20.1 Å². The molecule has 0 fully saturated rings. The monoisotopic (exact) mass is 356 g/mol. The summed E-state index contributed by atoms with van der Waals surface area (Å²) >= 11 is 0. The lowest BCUT2D eigenvalue weighted by molar-refractivity contribution is 0.483. The molecule has 0 saturated carbocycles. The summed E-state index contributed by atoms with van der Waals surface area (Å²) in [7, 11) is -8.22. The Balaban J connectivity index is 2.50. The molecule has 0 heterocycles. The maximum Gasteiger partial charge on any atom is 0.294 e. The average molecular weight is 356 g/mol. The number of hydrogen-bond donors (Lipinski definition) is 2. The van der Waals surface area contributed by atoms with Gasteiger partial charge in [-0.05, 0) is 43.3 Å². The first-order chi connectivity index (χ1) is 10.7. The number of hydrogen-bond acceptors (Lipinski definition) is 5. The Morgan fingerprint density at radius 2 is 1.57 bits per heavy atom. The predicted molar refractivity (Wildman–Crippen MR) is 87.3 cm³/mol. The highest BCUT2D eigenvalue weighted by Gasteiger charge is 2.25. The average Bonchev–Trinajstić information content (AvgIpc) is 2.47. The molecule has 0 aliphatic heterocycles. The van der Waals surface area contributed by atoms with Crippen LogP contribution in [0.3, 0.4) is 0 Å². The van der Waals surface area contributed by atoms with Gasteiger partial charge in [0.15, 0.2) is 0 Å². The predicted octanol–water partition coefficient (Wildman–Crippen LogP) is 1.73. The quantitative estimate of drug-likeness (QED) is 0.622. The molecule has 0 amide bonds. The number of sulfonamides is 1. The van der Waals surface area contributed by atoms with Crippen molar-refractivity contribution in [3.8, 4) is 0 Å². The van der Waals surface area contributed by atoms with Gasteiger partial charge < -0.3 is 5.73 Å². The van der Waals surface area contributed by atoms with Crippen molar-refractivity contribution in [2.24, 2.45) is 0 Å². The fourth-order valence-corrected chi connectivity index (χ4v) is 4.18. The minimum absolute atomic E-state index is 0.0271. The van der Waals surface area contributed by atoms with E-state index in [4.69, 9.17) is 10.3 Å². The summed E-state index contributed by atoms with van der Waals surface area (Å²) in [6, 6.07) is 11.0. The summed E-state index contributed by atoms with van der Waals surface area (Å²) in [5.74, 6) is 0. The molecule has 23 heavy (non-hydrogen) atoms. The highest BCUT2D eigenvalue weighted by molar-refractivity contribution is 7.93. The fourth-order valence-electron chi connectivity index (χ4n) is 2.11. The van der Waals surface area contributed by atoms with Crippen molar-refractivity contribution in [1.29, 1.82) is 0 Å². The SMILES string of the molecule is CCN(c1ccc(S(=O)(=O)O)cc1)S(=O)(=O)c1ccccc1N. The smallest absolute Gasteiger partial charge is 0.294 e. The van der Waals surface area contributed by atoms with Crippen LogP contribution in [0.25, 0.3) is 0 Å². The van der Waals surface area contributed by atoms with Crippen LogP contribution in [0.4, 0.5) is 11.4 Å². The second-order valence-electron chi connectivity index (χ2n) is 4.68. The van der Waals surface area contributed by atoms with Gasteiger partial charge in [0.25, 0.3) is 20.1 Å². The van der Waals surface area contributed by atoms with Crippen molar-refractivity contribution in [3.63, 3.8) is 0 Å². The first-order valence-corrected chi connectivity index (χ1v) is 9.50. The summed E-state index contributed by atoms with van der Waals surface area (Å²) in [6.07, 6.45) is 0. The molecule has 2 rings (SSSR count). The highest BCUT2D eigenvalue weighted by Crippen LogP contribution is 2.27. The van der Waals surface area contributed by atoms with Crippen molar-refractivity contribution in [2.45, 2.75) is 16.7 Å². The first kappa shape index (κ1) is 17.3. The van der Waals surface area contributed by atoms with E-state index in [-0.39, 0.29) is 27.7 Å². The largest absolute Gasteiger partial charge is 0.398 e. The molecule has 0 aromatic heterocycles. The molecule has 0 aliphatic carbocycles. The van der Waals surface area contributed by atoms with E-state index < -0.39 is 20.1 Å². The van der Waals surface area contributed by atoms with Crippen LogP contribution >= 0.6 is 0 Å². The molecule has 0 saturated heterocycles. The number of benzene rings is 2. The normalized spacial score (nSPS) is 12.1. The van der Waals surface area contributed by atoms with Crippen LogP contribution in [0, 0.1) is 0 Å². The summed E-state index contributed by atoms with van der Waals surface area (Å²) in [5.41, 5.74) is 6.13. The molecule has 0 spiro atoms. The molecule has 2 aromatic rings. The minimum Gasteiger partial charge on any atom is -0.398 e. The van der Waals surface area contributed by atoms with Gasteiger partial charge in [-0.3, -0.25) is 8.86 Å². The Morgan fingerprint density at radius 3 is 2.04 bits per heavy atom. The molecule has 7 nitrogen and oxygen atoms in total. The van der Waals surface area contributed by atoms with Crippen molar-refractivity contribution in [2.75, 3.05) is 16.6 Å². The van der Waals surface area contributed by atoms with E-state index in [0.717, 1.165) is 16.4 Å². The Labute approximate surface area is 135 Å². The van der Waals surface area contributed by atoms with E-state index in [0.29, 0.717) is 0 Å². The van der Waals surface area contributed by atoms with Crippen LogP contribution in [0.5, 0.6) is 0 Å². The van der Waals surface area contributed by atoms with Crippen LogP contribution in [-0.4, -0.2) is 27.9 Å². The molecular formula is C14H16N2O5S2. The zero-order valence-corrected chi connectivity index (χ0v) is 13.9. The van der Waals surface area contributed by atoms with Crippen LogP contribution in [0.2, 0.25) is 0 Å². The molecule has 0 unspecified atom stereocenters. The second kappa shape index (κ2) is 6.19. The lowest BCUT2D eigenvalue weighted by Crippen LogP contribution is -2.31. The topological polar surface area (TPSA) is 118 Å². The molecule has 3 N–H and O–H groups in total. The highest BCUT2D eigenvalue weighted by atomic mass is 32.2. The molecule has 0 radical (unpaired) electrons. The van der Waals surface area contributed by atoms with Crippen molar-refractivity contribution in [1.82, 2.24) is 0 Å². The molecular weight excluding hydrogens is 340 g/mol. The minimum atomic E-state index is -4.33. The molecule has 2 aromatic carbocycles. The van der Waals surface area contributed by atoms with E-state index >= 15 is 0 Å². The number of nitrogens with two attached hydrogens (primary N) is 1. The summed E-state index contributed by atoms with van der Waals surface area (Å²) < 4.78 is 57.7. The third kappa shape index (κ3) is 3.46. The Bertz CT molecular complexity index is 906. The summed E-state index contributed by atoms with van der Waals surface area (Å²) in [6.45, 7) is 1.77. The van der Waals surface area contributed by atoms with Gasteiger partial charge in [0.1, 0.15) is 4.90 Å². The molecule has 9 heteroatoms. The molecule has 0 atom stereocenters. The van der Waals surface area contributed by atoms with Gasteiger partial charge >= 0.3 is 0 Å². The van der Waals surface area contributed by atoms with E-state index in [1.54, 1.807) is 19.1 Å². The lowest BCUT2D eigenvalue weighted by atomic mass is 10.3. The number of nitrogens with zero attached hydrogens (tertiary/aromatic N) is 1. The summed E-state index contributed by atoms with van der Waals surface area (Å²) in [4.78, 5) is -0.338. The van der Waals surface area contributed by atoms with Crippen molar-refractivity contribution in [3.05, 3.63) is 48.5 Å². The third-order valence-corrected chi connectivity index (χ3v) is 6.04. The third-order valence-electron chi connectivity index (χ3n) is 3.20. The van der Waals surface area contributed by atoms with Gasteiger partial charge in [-0.1, -0.05) is 12.1 Å².